The molecule has 4 atom stereocenters. The number of methoxy groups -OCH3 is 1. The molecule has 1 saturated carbocycles. The van der Waals surface area contributed by atoms with Gasteiger partial charge in [-0.25, -0.2) is 9.59 Å². The van der Waals surface area contributed by atoms with Gasteiger partial charge in [-0.05, 0) is 153 Å². The molecule has 12 heteroatoms. The zero-order valence-corrected chi connectivity index (χ0v) is 35.4. The largest absolute Gasteiger partial charge is 0.497 e. The van der Waals surface area contributed by atoms with Crippen LogP contribution < -0.4 is 24.8 Å². The average molecular weight is 838 g/mol. The molecule has 0 saturated heterocycles. The molecule has 0 aliphatic heterocycles. The maximum Gasteiger partial charge on any atom is 0.330 e. The van der Waals surface area contributed by atoms with Crippen LogP contribution in [-0.4, -0.2) is 58.9 Å². The molecule has 1 heterocycles. The van der Waals surface area contributed by atoms with Gasteiger partial charge in [0.2, 0.25) is 5.91 Å². The number of carbonyl (C=O) groups excluding carboxylic acids is 1. The van der Waals surface area contributed by atoms with Crippen LogP contribution in [0.3, 0.4) is 0 Å². The Labute approximate surface area is 357 Å². The van der Waals surface area contributed by atoms with Gasteiger partial charge in [0.15, 0.2) is 6.04 Å². The van der Waals surface area contributed by atoms with Crippen molar-refractivity contribution < 1.29 is 38.8 Å². The summed E-state index contributed by atoms with van der Waals surface area (Å²) in [6.07, 6.45) is 9.61. The molecule has 3 aliphatic rings. The third-order valence-corrected chi connectivity index (χ3v) is 13.3. The van der Waals surface area contributed by atoms with Crippen molar-refractivity contribution in [1.82, 2.24) is 10.3 Å². The van der Waals surface area contributed by atoms with E-state index in [1.807, 2.05) is 30.5 Å². The zero-order valence-electron chi connectivity index (χ0n) is 34.7. The molecular formula is C48H56ClN3O8. The van der Waals surface area contributed by atoms with Crippen LogP contribution in [0.2, 0.25) is 5.02 Å². The fourth-order valence-electron chi connectivity index (χ4n) is 9.93. The van der Waals surface area contributed by atoms with E-state index in [2.05, 4.69) is 41.6 Å². The molecule has 3 aromatic carbocycles. The summed E-state index contributed by atoms with van der Waals surface area (Å²) < 4.78 is 18.1. The van der Waals surface area contributed by atoms with Crippen molar-refractivity contribution in [2.75, 3.05) is 25.6 Å². The Morgan fingerprint density at radius 1 is 0.967 bits per heavy atom. The van der Waals surface area contributed by atoms with Gasteiger partial charge >= 0.3 is 11.9 Å². The fourth-order valence-corrected chi connectivity index (χ4v) is 10.1. The van der Waals surface area contributed by atoms with Crippen LogP contribution in [0, 0.1) is 11.8 Å². The van der Waals surface area contributed by atoms with E-state index in [9.17, 15) is 24.6 Å². The third-order valence-electron chi connectivity index (χ3n) is 13.1. The zero-order chi connectivity index (χ0) is 42.4. The Kier molecular flexibility index (Phi) is 13.2. The molecule has 1 amide bonds. The van der Waals surface area contributed by atoms with Crippen LogP contribution in [0.4, 0.5) is 5.69 Å². The highest BCUT2D eigenvalue weighted by Gasteiger charge is 2.54. The molecule has 1 unspecified atom stereocenters. The number of aryl methyl sites for hydroxylation is 1. The van der Waals surface area contributed by atoms with Crippen molar-refractivity contribution in [3.63, 3.8) is 0 Å². The smallest absolute Gasteiger partial charge is 0.330 e. The summed E-state index contributed by atoms with van der Waals surface area (Å²) in [5.41, 5.74) is 4.55. The number of ether oxygens (including phenoxy) is 3. The lowest BCUT2D eigenvalue weighted by molar-refractivity contribution is -0.144. The average Bonchev–Trinajstić information content (AvgIpc) is 3.52. The summed E-state index contributed by atoms with van der Waals surface area (Å²) >= 11 is 6.30. The van der Waals surface area contributed by atoms with Gasteiger partial charge in [-0.15, -0.1) is 0 Å². The first-order chi connectivity index (χ1) is 28.9. The number of carboxylic acid groups (broad SMARTS) is 2. The second-order valence-corrected chi connectivity index (χ2v) is 17.5. The number of halogens is 1. The Morgan fingerprint density at radius 2 is 1.77 bits per heavy atom. The molecule has 4 aromatic rings. The lowest BCUT2D eigenvalue weighted by Gasteiger charge is -2.47. The first kappa shape index (κ1) is 42.8. The molecule has 4 N–H and O–H groups in total. The lowest BCUT2D eigenvalue weighted by Crippen LogP contribution is -2.53. The quantitative estimate of drug-likeness (QED) is 0.0756. The number of benzene rings is 3. The van der Waals surface area contributed by atoms with Crippen molar-refractivity contribution in [3.8, 4) is 17.2 Å². The minimum absolute atomic E-state index is 0.0861. The molecular weight excluding hydrogens is 782 g/mol. The second kappa shape index (κ2) is 18.5. The summed E-state index contributed by atoms with van der Waals surface area (Å²) in [7, 11) is 1.50. The van der Waals surface area contributed by atoms with E-state index in [0.29, 0.717) is 72.4 Å². The normalized spacial score (nSPS) is 22.8. The van der Waals surface area contributed by atoms with Gasteiger partial charge in [0.1, 0.15) is 22.8 Å². The van der Waals surface area contributed by atoms with E-state index >= 15 is 0 Å². The standard InChI is InChI=1S/C48H56ClN3O8/c1-30(29-60-41-17-22-50-40-13-4-8-31(2)43(40)41)24-34-25-32-15-16-38(59-23-7-14-42(53)51-44(45(54)55)33-9-5-12-37(26-33)58-3)28-39(32)47(34)18-20-48(21-19-47,46(56)57)52-36-11-6-10-35(49)27-36/h5-6,9-12,15-17,22,26-28,30-31,34,44,52H,4,7-8,13-14,18-21,23-25,29H2,1-3H3,(H,51,53)(H,54,55)(H,56,57)/t30-,31-,34+,44?,47?,48?/m1/s1. The van der Waals surface area contributed by atoms with E-state index < -0.39 is 29.4 Å². The van der Waals surface area contributed by atoms with E-state index in [4.69, 9.17) is 25.8 Å². The predicted molar refractivity (Wildman–Crippen MR) is 230 cm³/mol. The number of rotatable bonds is 17. The monoisotopic (exact) mass is 837 g/mol. The van der Waals surface area contributed by atoms with E-state index in [0.717, 1.165) is 43.5 Å². The summed E-state index contributed by atoms with van der Waals surface area (Å²) in [6.45, 7) is 5.35. The molecule has 7 rings (SSSR count). The van der Waals surface area contributed by atoms with Crippen LogP contribution in [0.1, 0.15) is 112 Å². The number of carboxylic acids is 2. The number of amides is 1. The van der Waals surface area contributed by atoms with Gasteiger partial charge in [0.25, 0.3) is 0 Å². The fraction of sp³-hybridized carbons (Fsp3) is 0.458. The molecule has 3 aliphatic carbocycles. The summed E-state index contributed by atoms with van der Waals surface area (Å²) in [5, 5.41) is 27.1. The topological polar surface area (TPSA) is 156 Å². The first-order valence-electron chi connectivity index (χ1n) is 21.2. The predicted octanol–water partition coefficient (Wildman–Crippen LogP) is 9.31. The summed E-state index contributed by atoms with van der Waals surface area (Å²) in [6, 6.07) is 20.9. The summed E-state index contributed by atoms with van der Waals surface area (Å²) in [4.78, 5) is 42.6. The number of aromatic nitrogens is 1. The van der Waals surface area contributed by atoms with Crippen LogP contribution in [0.5, 0.6) is 17.2 Å². The number of hydrogen-bond donors (Lipinski definition) is 4. The van der Waals surface area contributed by atoms with Crippen molar-refractivity contribution in [2.45, 2.75) is 107 Å². The highest BCUT2D eigenvalue weighted by molar-refractivity contribution is 6.30. The van der Waals surface area contributed by atoms with Crippen LogP contribution in [0.15, 0.2) is 79.0 Å². The lowest BCUT2D eigenvalue weighted by atomic mass is 9.59. The molecule has 1 spiro atoms. The molecule has 0 bridgehead atoms. The van der Waals surface area contributed by atoms with Crippen LogP contribution in [-0.2, 0) is 32.6 Å². The summed E-state index contributed by atoms with van der Waals surface area (Å²) in [5.74, 6) is 0.632. The third kappa shape index (κ3) is 9.36. The highest BCUT2D eigenvalue weighted by atomic mass is 35.5. The van der Waals surface area contributed by atoms with E-state index in [1.165, 1.54) is 23.8 Å². The number of nitrogens with one attached hydrogen (secondary N) is 2. The minimum Gasteiger partial charge on any atom is -0.497 e. The molecule has 1 fully saturated rings. The molecule has 60 heavy (non-hydrogen) atoms. The number of nitrogens with zero attached hydrogens (tertiary/aromatic N) is 1. The number of carbonyl (C=O) groups is 3. The minimum atomic E-state index is -1.20. The number of fused-ring (bicyclic) bond motifs is 3. The second-order valence-electron chi connectivity index (χ2n) is 17.1. The first-order valence-corrected chi connectivity index (χ1v) is 21.6. The number of hydrogen-bond acceptors (Lipinski definition) is 8. The Balaban J connectivity index is 1.05. The maximum atomic E-state index is 13.1. The molecule has 1 aromatic heterocycles. The molecule has 11 nitrogen and oxygen atoms in total. The Bertz CT molecular complexity index is 2190. The Hall–Kier alpha value is -5.29. The molecule has 0 radical (unpaired) electrons. The SMILES string of the molecule is COc1cccc(C(NC(=O)CCCOc2ccc3c(c2)C2(CCC(Nc4cccc(Cl)c4)(C(=O)O)CC2)[C@@H](C[C@@H](C)COc2ccnc4c2[C@H](C)CCC4)C3)C(=O)O)c1. The maximum absolute atomic E-state index is 13.1. The van der Waals surface area contributed by atoms with Gasteiger partial charge in [-0.2, -0.15) is 0 Å². The molecule has 318 valence electrons. The van der Waals surface area contributed by atoms with Gasteiger partial charge in [-0.1, -0.05) is 49.7 Å². The van der Waals surface area contributed by atoms with Crippen LogP contribution in [0.25, 0.3) is 0 Å². The van der Waals surface area contributed by atoms with Gasteiger partial charge in [0, 0.05) is 34.6 Å². The number of aliphatic carboxylic acids is 2. The van der Waals surface area contributed by atoms with Gasteiger partial charge in [0.05, 0.1) is 20.3 Å². The van der Waals surface area contributed by atoms with Crippen molar-refractivity contribution >= 4 is 35.1 Å². The number of anilines is 1. The van der Waals surface area contributed by atoms with Crippen molar-refractivity contribution in [2.24, 2.45) is 11.8 Å². The van der Waals surface area contributed by atoms with Crippen molar-refractivity contribution in [1.29, 1.82) is 0 Å². The van der Waals surface area contributed by atoms with Gasteiger partial charge < -0.3 is 35.1 Å². The van der Waals surface area contributed by atoms with Crippen LogP contribution >= 0.6 is 11.6 Å². The van der Waals surface area contributed by atoms with Gasteiger partial charge in [-0.3, -0.25) is 9.78 Å². The van der Waals surface area contributed by atoms with Crippen molar-refractivity contribution in [3.05, 3.63) is 112 Å². The highest BCUT2D eigenvalue weighted by Crippen LogP contribution is 2.57. The number of pyridine rings is 1. The van der Waals surface area contributed by atoms with E-state index in [1.54, 1.807) is 36.4 Å². The van der Waals surface area contributed by atoms with E-state index in [-0.39, 0.29) is 30.3 Å². The Morgan fingerprint density at radius 3 is 2.52 bits per heavy atom.